The molecule has 19 heavy (non-hydrogen) atoms. The zero-order chi connectivity index (χ0) is 13.7. The molecule has 1 saturated heterocycles. The van der Waals surface area contributed by atoms with Gasteiger partial charge in [-0.2, -0.15) is 0 Å². The van der Waals surface area contributed by atoms with Gasteiger partial charge >= 0.3 is 0 Å². The number of carbonyl (C=O) groups excluding carboxylic acids is 1. The first-order valence-corrected chi connectivity index (χ1v) is 7.05. The first kappa shape index (κ1) is 13.8. The molecule has 0 bridgehead atoms. The fourth-order valence-corrected chi connectivity index (χ4v) is 2.24. The predicted molar refractivity (Wildman–Crippen MR) is 74.8 cm³/mol. The van der Waals surface area contributed by atoms with Crippen molar-refractivity contribution in [1.82, 2.24) is 14.9 Å². The highest BCUT2D eigenvalue weighted by Crippen LogP contribution is 2.14. The third-order valence-corrected chi connectivity index (χ3v) is 3.21. The average Bonchev–Trinajstić information content (AvgIpc) is 2.38. The van der Waals surface area contributed by atoms with Gasteiger partial charge in [0.15, 0.2) is 0 Å². The Morgan fingerprint density at radius 3 is 2.95 bits per heavy atom. The molecule has 5 nitrogen and oxygen atoms in total. The third-order valence-electron chi connectivity index (χ3n) is 3.21. The lowest BCUT2D eigenvalue weighted by atomic mass is 10.1. The molecule has 0 atom stereocenters. The van der Waals surface area contributed by atoms with Crippen LogP contribution < -0.4 is 5.32 Å². The largest absolute Gasteiger partial charge is 0.370 e. The van der Waals surface area contributed by atoms with Gasteiger partial charge in [0.1, 0.15) is 11.6 Å². The van der Waals surface area contributed by atoms with E-state index in [9.17, 15) is 4.79 Å². The first-order valence-electron chi connectivity index (χ1n) is 7.05. The molecule has 1 aliphatic heterocycles. The van der Waals surface area contributed by atoms with Crippen molar-refractivity contribution in [3.63, 3.8) is 0 Å². The Bertz CT molecular complexity index is 447. The summed E-state index contributed by atoms with van der Waals surface area (Å²) in [5, 5.41) is 3.27. The summed E-state index contributed by atoms with van der Waals surface area (Å²) in [7, 11) is 0. The molecule has 0 aliphatic carbocycles. The van der Waals surface area contributed by atoms with Gasteiger partial charge in [-0.25, -0.2) is 9.97 Å². The summed E-state index contributed by atoms with van der Waals surface area (Å²) >= 11 is 0. The smallest absolute Gasteiger partial charge is 0.222 e. The number of rotatable bonds is 5. The van der Waals surface area contributed by atoms with E-state index >= 15 is 0 Å². The number of amides is 1. The van der Waals surface area contributed by atoms with Crippen LogP contribution in [-0.4, -0.2) is 33.9 Å². The van der Waals surface area contributed by atoms with Crippen molar-refractivity contribution in [2.24, 2.45) is 0 Å². The zero-order valence-electron chi connectivity index (χ0n) is 11.8. The Hall–Kier alpha value is -1.65. The number of nitrogens with zero attached hydrogens (tertiary/aromatic N) is 3. The number of aromatic nitrogens is 2. The van der Waals surface area contributed by atoms with Crippen LogP contribution in [0, 0.1) is 6.92 Å². The number of aryl methyl sites for hydroxylation is 1. The number of nitrogens with one attached hydrogen (secondary N) is 1. The third kappa shape index (κ3) is 3.91. The standard InChI is InChI=1S/C14H22N4O/c1-3-7-15-12-9-11(2)16-13(17-12)10-18-8-5-4-6-14(18)19/h9H,3-8,10H2,1-2H3,(H,15,16,17). The van der Waals surface area contributed by atoms with E-state index in [2.05, 4.69) is 22.2 Å². The number of carbonyl (C=O) groups is 1. The van der Waals surface area contributed by atoms with Gasteiger partial charge in [0, 0.05) is 31.3 Å². The van der Waals surface area contributed by atoms with E-state index in [1.54, 1.807) is 0 Å². The molecular weight excluding hydrogens is 240 g/mol. The van der Waals surface area contributed by atoms with E-state index in [1.807, 2.05) is 17.9 Å². The monoisotopic (exact) mass is 262 g/mol. The van der Waals surface area contributed by atoms with Gasteiger partial charge in [0.2, 0.25) is 5.91 Å². The fraction of sp³-hybridized carbons (Fsp3) is 0.643. The number of hydrogen-bond donors (Lipinski definition) is 1. The molecule has 0 unspecified atom stereocenters. The molecule has 5 heteroatoms. The summed E-state index contributed by atoms with van der Waals surface area (Å²) in [5.41, 5.74) is 0.938. The zero-order valence-corrected chi connectivity index (χ0v) is 11.8. The molecule has 1 amide bonds. The molecule has 1 aliphatic rings. The van der Waals surface area contributed by atoms with Gasteiger partial charge in [-0.15, -0.1) is 0 Å². The summed E-state index contributed by atoms with van der Waals surface area (Å²) in [6, 6.07) is 1.94. The number of likely N-dealkylation sites (tertiary alicyclic amines) is 1. The van der Waals surface area contributed by atoms with Crippen LogP contribution in [-0.2, 0) is 11.3 Å². The maximum absolute atomic E-state index is 11.8. The Morgan fingerprint density at radius 2 is 2.21 bits per heavy atom. The molecule has 0 spiro atoms. The second-order valence-electron chi connectivity index (χ2n) is 5.01. The highest BCUT2D eigenvalue weighted by atomic mass is 16.2. The molecule has 104 valence electrons. The minimum absolute atomic E-state index is 0.222. The van der Waals surface area contributed by atoms with E-state index < -0.39 is 0 Å². The van der Waals surface area contributed by atoms with E-state index in [0.29, 0.717) is 13.0 Å². The fourth-order valence-electron chi connectivity index (χ4n) is 2.24. The summed E-state index contributed by atoms with van der Waals surface area (Å²) in [4.78, 5) is 22.6. The summed E-state index contributed by atoms with van der Waals surface area (Å²) in [6.07, 6.45) is 3.81. The Kier molecular flexibility index (Phi) is 4.71. The molecule has 0 radical (unpaired) electrons. The van der Waals surface area contributed by atoms with Crippen LogP contribution in [0.2, 0.25) is 0 Å². The molecule has 2 heterocycles. The molecule has 1 fully saturated rings. The van der Waals surface area contributed by atoms with Crippen LogP contribution >= 0.6 is 0 Å². The quantitative estimate of drug-likeness (QED) is 0.883. The lowest BCUT2D eigenvalue weighted by molar-refractivity contribution is -0.134. The van der Waals surface area contributed by atoms with Gasteiger partial charge in [-0.3, -0.25) is 4.79 Å². The predicted octanol–water partition coefficient (Wildman–Crippen LogP) is 2.12. The average molecular weight is 262 g/mol. The van der Waals surface area contributed by atoms with Crippen LogP contribution in [0.3, 0.4) is 0 Å². The van der Waals surface area contributed by atoms with Crippen LogP contribution in [0.25, 0.3) is 0 Å². The van der Waals surface area contributed by atoms with Crippen molar-refractivity contribution >= 4 is 11.7 Å². The summed E-state index contributed by atoms with van der Waals surface area (Å²) in [5.74, 6) is 1.81. The normalized spacial score (nSPS) is 15.7. The molecular formula is C14H22N4O. The maximum atomic E-state index is 11.8. The molecule has 1 aromatic rings. The van der Waals surface area contributed by atoms with Crippen molar-refractivity contribution in [3.05, 3.63) is 17.6 Å². The SMILES string of the molecule is CCCNc1cc(C)nc(CN2CCCCC2=O)n1. The van der Waals surface area contributed by atoms with Crippen LogP contribution in [0.4, 0.5) is 5.82 Å². The Labute approximate surface area is 114 Å². The van der Waals surface area contributed by atoms with Gasteiger partial charge in [-0.1, -0.05) is 6.92 Å². The number of anilines is 1. The molecule has 1 N–H and O–H groups in total. The van der Waals surface area contributed by atoms with Gasteiger partial charge in [-0.05, 0) is 26.2 Å². The lowest BCUT2D eigenvalue weighted by Gasteiger charge is -2.26. The Morgan fingerprint density at radius 1 is 1.37 bits per heavy atom. The van der Waals surface area contributed by atoms with E-state index in [-0.39, 0.29) is 5.91 Å². The molecule has 0 aromatic carbocycles. The lowest BCUT2D eigenvalue weighted by Crippen LogP contribution is -2.35. The van der Waals surface area contributed by atoms with Crippen molar-refractivity contribution < 1.29 is 4.79 Å². The molecule has 0 saturated carbocycles. The summed E-state index contributed by atoms with van der Waals surface area (Å²) < 4.78 is 0. The van der Waals surface area contributed by atoms with Crippen molar-refractivity contribution in [2.75, 3.05) is 18.4 Å². The first-order chi connectivity index (χ1) is 9.19. The maximum Gasteiger partial charge on any atom is 0.222 e. The molecule has 1 aromatic heterocycles. The topological polar surface area (TPSA) is 58.1 Å². The van der Waals surface area contributed by atoms with Gasteiger partial charge < -0.3 is 10.2 Å². The molecule has 2 rings (SSSR count). The number of piperidine rings is 1. The van der Waals surface area contributed by atoms with E-state index in [0.717, 1.165) is 49.7 Å². The van der Waals surface area contributed by atoms with Crippen LogP contribution in [0.1, 0.15) is 44.1 Å². The minimum atomic E-state index is 0.222. The van der Waals surface area contributed by atoms with Crippen LogP contribution in [0.15, 0.2) is 6.07 Å². The van der Waals surface area contributed by atoms with Gasteiger partial charge in [0.25, 0.3) is 0 Å². The van der Waals surface area contributed by atoms with E-state index in [4.69, 9.17) is 0 Å². The highest BCUT2D eigenvalue weighted by molar-refractivity contribution is 5.76. The van der Waals surface area contributed by atoms with Crippen LogP contribution in [0.5, 0.6) is 0 Å². The highest BCUT2D eigenvalue weighted by Gasteiger charge is 2.19. The Balaban J connectivity index is 2.06. The second-order valence-corrected chi connectivity index (χ2v) is 5.01. The van der Waals surface area contributed by atoms with Gasteiger partial charge in [0.05, 0.1) is 6.54 Å². The van der Waals surface area contributed by atoms with Crippen molar-refractivity contribution in [2.45, 2.75) is 46.1 Å². The number of hydrogen-bond acceptors (Lipinski definition) is 4. The summed E-state index contributed by atoms with van der Waals surface area (Å²) in [6.45, 7) is 6.34. The second kappa shape index (κ2) is 6.50. The minimum Gasteiger partial charge on any atom is -0.370 e. The van der Waals surface area contributed by atoms with Crippen molar-refractivity contribution in [3.8, 4) is 0 Å². The van der Waals surface area contributed by atoms with Crippen molar-refractivity contribution in [1.29, 1.82) is 0 Å². The van der Waals surface area contributed by atoms with E-state index in [1.165, 1.54) is 0 Å².